The number of unbranched alkanes of at least 4 members (excludes halogenated alkanes) is 1. The van der Waals surface area contributed by atoms with Crippen molar-refractivity contribution in [3.63, 3.8) is 0 Å². The summed E-state index contributed by atoms with van der Waals surface area (Å²) in [5.74, 6) is 1.37. The lowest BCUT2D eigenvalue weighted by Gasteiger charge is -2.37. The Morgan fingerprint density at radius 2 is 1.82 bits per heavy atom. The molecular weight excluding hydrogens is 224 g/mol. The summed E-state index contributed by atoms with van der Waals surface area (Å²) in [6.45, 7) is 13.9. The van der Waals surface area contributed by atoms with E-state index in [2.05, 4.69) is 40.8 Å². The van der Waals surface area contributed by atoms with E-state index in [1.165, 1.54) is 44.3 Å². The highest BCUT2D eigenvalue weighted by molar-refractivity contribution is 6.74. The molecule has 0 saturated heterocycles. The molecule has 1 rings (SSSR count). The van der Waals surface area contributed by atoms with E-state index >= 15 is 0 Å². The summed E-state index contributed by atoms with van der Waals surface area (Å²) in [6, 6.07) is 0. The summed E-state index contributed by atoms with van der Waals surface area (Å²) in [5.41, 5.74) is 1.62. The molecule has 0 heterocycles. The Labute approximate surface area is 109 Å². The molecule has 0 saturated carbocycles. The van der Waals surface area contributed by atoms with Crippen LogP contribution in [0.2, 0.25) is 18.1 Å². The van der Waals surface area contributed by atoms with Gasteiger partial charge in [-0.25, -0.2) is 0 Å². The van der Waals surface area contributed by atoms with Crippen LogP contribution in [0.15, 0.2) is 11.3 Å². The van der Waals surface area contributed by atoms with Gasteiger partial charge in [-0.05, 0) is 49.4 Å². The Bertz CT molecular complexity index is 284. The van der Waals surface area contributed by atoms with E-state index in [-0.39, 0.29) is 0 Å². The second-order valence-electron chi connectivity index (χ2n) is 6.85. The zero-order chi connectivity index (χ0) is 13.1. The average Bonchev–Trinajstić information content (AvgIpc) is 2.60. The Balaban J connectivity index is 2.72. The minimum absolute atomic E-state index is 0.318. The summed E-state index contributed by atoms with van der Waals surface area (Å²) in [5, 5.41) is 0.318. The van der Waals surface area contributed by atoms with Gasteiger partial charge >= 0.3 is 0 Å². The normalized spacial score (nSPS) is 17.8. The fourth-order valence-corrected chi connectivity index (χ4v) is 3.19. The zero-order valence-corrected chi connectivity index (χ0v) is 13.7. The van der Waals surface area contributed by atoms with E-state index in [4.69, 9.17) is 4.43 Å². The molecule has 0 radical (unpaired) electrons. The Morgan fingerprint density at radius 1 is 1.18 bits per heavy atom. The van der Waals surface area contributed by atoms with Crippen molar-refractivity contribution in [2.45, 2.75) is 84.4 Å². The molecule has 0 atom stereocenters. The smallest absolute Gasteiger partial charge is 0.250 e. The molecule has 2 heteroatoms. The molecule has 0 N–H and O–H groups in total. The van der Waals surface area contributed by atoms with Gasteiger partial charge in [-0.1, -0.05) is 34.1 Å². The fourth-order valence-electron chi connectivity index (χ4n) is 2.02. The summed E-state index contributed by atoms with van der Waals surface area (Å²) in [7, 11) is -1.61. The van der Waals surface area contributed by atoms with Gasteiger partial charge in [-0.15, -0.1) is 0 Å². The van der Waals surface area contributed by atoms with Gasteiger partial charge in [0, 0.05) is 6.42 Å². The van der Waals surface area contributed by atoms with Gasteiger partial charge in [-0.3, -0.25) is 0 Å². The van der Waals surface area contributed by atoms with Crippen molar-refractivity contribution < 1.29 is 4.43 Å². The lowest BCUT2D eigenvalue weighted by atomic mass is 10.1. The molecule has 0 unspecified atom stereocenters. The van der Waals surface area contributed by atoms with Gasteiger partial charge in [-0.2, -0.15) is 0 Å². The van der Waals surface area contributed by atoms with Gasteiger partial charge < -0.3 is 4.43 Å². The van der Waals surface area contributed by atoms with Crippen LogP contribution in [0, 0.1) is 0 Å². The van der Waals surface area contributed by atoms with Crippen LogP contribution in [0.1, 0.15) is 66.2 Å². The van der Waals surface area contributed by atoms with Crippen LogP contribution in [-0.4, -0.2) is 8.32 Å². The molecule has 1 nitrogen and oxygen atoms in total. The molecule has 0 aliphatic heterocycles. The third kappa shape index (κ3) is 3.87. The lowest BCUT2D eigenvalue weighted by Crippen LogP contribution is -2.40. The Morgan fingerprint density at radius 3 is 2.35 bits per heavy atom. The van der Waals surface area contributed by atoms with Crippen molar-refractivity contribution in [1.82, 2.24) is 0 Å². The molecule has 1 aliphatic carbocycles. The first-order chi connectivity index (χ1) is 7.78. The maximum Gasteiger partial charge on any atom is 0.250 e. The van der Waals surface area contributed by atoms with Gasteiger partial charge in [0.15, 0.2) is 0 Å². The predicted octanol–water partition coefficient (Wildman–Crippen LogP) is 5.64. The number of rotatable bonds is 5. The first kappa shape index (κ1) is 14.8. The minimum atomic E-state index is -1.61. The first-order valence-corrected chi connectivity index (χ1v) is 10.1. The van der Waals surface area contributed by atoms with Crippen LogP contribution < -0.4 is 0 Å². The largest absolute Gasteiger partial charge is 0.547 e. The van der Waals surface area contributed by atoms with Gasteiger partial charge in [0.2, 0.25) is 8.32 Å². The van der Waals surface area contributed by atoms with E-state index < -0.39 is 8.32 Å². The highest BCUT2D eigenvalue weighted by Crippen LogP contribution is 2.41. The number of hydrogen-bond donors (Lipinski definition) is 0. The average molecular weight is 254 g/mol. The highest BCUT2D eigenvalue weighted by Gasteiger charge is 2.40. The molecule has 0 spiro atoms. The molecule has 1 aliphatic rings. The molecule has 0 fully saturated rings. The number of allylic oxidation sites excluding steroid dienone is 2. The maximum atomic E-state index is 6.49. The van der Waals surface area contributed by atoms with Crippen LogP contribution in [0.5, 0.6) is 0 Å². The van der Waals surface area contributed by atoms with Crippen molar-refractivity contribution in [1.29, 1.82) is 0 Å². The molecule has 17 heavy (non-hydrogen) atoms. The van der Waals surface area contributed by atoms with Crippen molar-refractivity contribution in [3.05, 3.63) is 11.3 Å². The van der Waals surface area contributed by atoms with Crippen molar-refractivity contribution in [2.75, 3.05) is 0 Å². The van der Waals surface area contributed by atoms with Gasteiger partial charge in [0.25, 0.3) is 0 Å². The predicted molar refractivity (Wildman–Crippen MR) is 78.7 cm³/mol. The van der Waals surface area contributed by atoms with Crippen LogP contribution in [0.3, 0.4) is 0 Å². The Kier molecular flexibility index (Phi) is 4.88. The van der Waals surface area contributed by atoms with Crippen LogP contribution >= 0.6 is 0 Å². The topological polar surface area (TPSA) is 9.23 Å². The van der Waals surface area contributed by atoms with E-state index in [1.807, 2.05) is 0 Å². The molecule has 100 valence electrons. The van der Waals surface area contributed by atoms with E-state index in [0.717, 1.165) is 0 Å². The SMILES string of the molecule is CCCCC1=C(O[Si](C)(C)C(C)(C)C)CCC1. The summed E-state index contributed by atoms with van der Waals surface area (Å²) < 4.78 is 6.49. The standard InChI is InChI=1S/C15H30OSi/c1-7-8-10-13-11-9-12-14(13)16-17(5,6)15(2,3)4/h7-12H2,1-6H3. The molecule has 0 amide bonds. The minimum Gasteiger partial charge on any atom is -0.547 e. The van der Waals surface area contributed by atoms with E-state index in [1.54, 1.807) is 5.57 Å². The van der Waals surface area contributed by atoms with Gasteiger partial charge in [0.1, 0.15) is 0 Å². The fraction of sp³-hybridized carbons (Fsp3) is 0.867. The quantitative estimate of drug-likeness (QED) is 0.577. The molecule has 0 aromatic heterocycles. The molecule has 0 aromatic carbocycles. The zero-order valence-electron chi connectivity index (χ0n) is 12.7. The first-order valence-electron chi connectivity index (χ1n) is 7.18. The maximum absolute atomic E-state index is 6.49. The number of hydrogen-bond acceptors (Lipinski definition) is 1. The van der Waals surface area contributed by atoms with Gasteiger partial charge in [0.05, 0.1) is 5.76 Å². The van der Waals surface area contributed by atoms with Crippen LogP contribution in [-0.2, 0) is 4.43 Å². The van der Waals surface area contributed by atoms with E-state index in [0.29, 0.717) is 5.04 Å². The van der Waals surface area contributed by atoms with Crippen LogP contribution in [0.4, 0.5) is 0 Å². The Hall–Kier alpha value is -0.243. The summed E-state index contributed by atoms with van der Waals surface area (Å²) in [4.78, 5) is 0. The van der Waals surface area contributed by atoms with Crippen molar-refractivity contribution in [3.8, 4) is 0 Å². The summed E-state index contributed by atoms with van der Waals surface area (Å²) >= 11 is 0. The molecule has 0 bridgehead atoms. The van der Waals surface area contributed by atoms with Crippen molar-refractivity contribution >= 4 is 8.32 Å². The lowest BCUT2D eigenvalue weighted by molar-refractivity contribution is 0.368. The molecular formula is C15H30OSi. The highest BCUT2D eigenvalue weighted by atomic mass is 28.4. The second-order valence-corrected chi connectivity index (χ2v) is 11.6. The molecule has 0 aromatic rings. The monoisotopic (exact) mass is 254 g/mol. The third-order valence-electron chi connectivity index (χ3n) is 4.29. The second kappa shape index (κ2) is 5.60. The van der Waals surface area contributed by atoms with Crippen molar-refractivity contribution in [2.24, 2.45) is 0 Å². The van der Waals surface area contributed by atoms with E-state index in [9.17, 15) is 0 Å². The van der Waals surface area contributed by atoms with Crippen LogP contribution in [0.25, 0.3) is 0 Å². The summed E-state index contributed by atoms with van der Waals surface area (Å²) in [6.07, 6.45) is 7.65. The third-order valence-corrected chi connectivity index (χ3v) is 8.66.